The number of aliphatic carboxylic acids is 1. The minimum absolute atomic E-state index is 0.0800. The molecule has 74 valence electrons. The van der Waals surface area contributed by atoms with Crippen molar-refractivity contribution in [2.75, 3.05) is 13.1 Å². The predicted octanol–water partition coefficient (Wildman–Crippen LogP) is 1.19. The molecule has 0 bridgehead atoms. The second-order valence-electron chi connectivity index (χ2n) is 3.08. The molecule has 0 saturated heterocycles. The molecule has 0 aliphatic heterocycles. The zero-order valence-corrected chi connectivity index (χ0v) is 8.29. The van der Waals surface area contributed by atoms with E-state index in [9.17, 15) is 4.79 Å². The van der Waals surface area contributed by atoms with E-state index in [1.54, 1.807) is 0 Å². The van der Waals surface area contributed by atoms with Gasteiger partial charge in [0.15, 0.2) is 0 Å². The number of hydrogen-bond acceptors (Lipinski definition) is 2. The molecule has 0 radical (unpaired) electrons. The first-order valence-corrected chi connectivity index (χ1v) is 4.51. The maximum atomic E-state index is 10.5. The van der Waals surface area contributed by atoms with E-state index in [1.807, 2.05) is 18.7 Å². The Balaban J connectivity index is 4.03. The van der Waals surface area contributed by atoms with Crippen LogP contribution >= 0.6 is 0 Å². The van der Waals surface area contributed by atoms with Crippen molar-refractivity contribution in [3.8, 4) is 12.3 Å². The van der Waals surface area contributed by atoms with Crippen LogP contribution in [0.3, 0.4) is 0 Å². The molecule has 0 rings (SSSR count). The highest BCUT2D eigenvalue weighted by molar-refractivity contribution is 5.69. The third-order valence-corrected chi connectivity index (χ3v) is 2.10. The predicted molar refractivity (Wildman–Crippen MR) is 52.4 cm³/mol. The lowest BCUT2D eigenvalue weighted by atomic mass is 10.2. The third kappa shape index (κ3) is 5.26. The first-order valence-electron chi connectivity index (χ1n) is 4.51. The van der Waals surface area contributed by atoms with E-state index in [0.717, 1.165) is 6.42 Å². The fraction of sp³-hybridized carbons (Fsp3) is 0.700. The molecule has 0 saturated carbocycles. The summed E-state index contributed by atoms with van der Waals surface area (Å²) in [5, 5.41) is 8.63. The number of hydrogen-bond donors (Lipinski definition) is 1. The van der Waals surface area contributed by atoms with Crippen LogP contribution in [0.4, 0.5) is 0 Å². The van der Waals surface area contributed by atoms with Gasteiger partial charge in [-0.2, -0.15) is 0 Å². The van der Waals surface area contributed by atoms with Crippen molar-refractivity contribution >= 4 is 5.97 Å². The van der Waals surface area contributed by atoms with Gasteiger partial charge in [-0.3, -0.25) is 9.69 Å². The van der Waals surface area contributed by atoms with Gasteiger partial charge < -0.3 is 5.11 Å². The lowest BCUT2D eigenvalue weighted by molar-refractivity contribution is -0.138. The molecule has 1 N–H and O–H groups in total. The molecule has 3 nitrogen and oxygen atoms in total. The Morgan fingerprint density at radius 2 is 2.31 bits per heavy atom. The third-order valence-electron chi connectivity index (χ3n) is 2.10. The Bertz CT molecular complexity index is 196. The summed E-state index contributed by atoms with van der Waals surface area (Å²) >= 11 is 0. The number of carboxylic acid groups (broad SMARTS) is 1. The van der Waals surface area contributed by atoms with Crippen LogP contribution in [-0.2, 0) is 4.79 Å². The van der Waals surface area contributed by atoms with Gasteiger partial charge in [-0.25, -0.2) is 0 Å². The molecule has 0 heterocycles. The number of rotatable bonds is 6. The van der Waals surface area contributed by atoms with Crippen LogP contribution in [0.5, 0.6) is 0 Å². The van der Waals surface area contributed by atoms with Crippen LogP contribution < -0.4 is 0 Å². The van der Waals surface area contributed by atoms with Crippen molar-refractivity contribution < 1.29 is 9.90 Å². The molecule has 0 aliphatic carbocycles. The van der Waals surface area contributed by atoms with Crippen molar-refractivity contribution in [3.05, 3.63) is 0 Å². The average Bonchev–Trinajstić information content (AvgIpc) is 2.10. The quantitative estimate of drug-likeness (QED) is 0.629. The van der Waals surface area contributed by atoms with Crippen molar-refractivity contribution in [3.63, 3.8) is 0 Å². The first-order chi connectivity index (χ1) is 6.11. The molecule has 0 spiro atoms. The van der Waals surface area contributed by atoms with Gasteiger partial charge in [0.05, 0.1) is 6.54 Å². The molecular weight excluding hydrogens is 166 g/mol. The van der Waals surface area contributed by atoms with E-state index in [1.165, 1.54) is 0 Å². The van der Waals surface area contributed by atoms with Gasteiger partial charge in [-0.1, -0.05) is 6.92 Å². The second kappa shape index (κ2) is 6.50. The minimum atomic E-state index is -0.794. The number of nitrogens with zero attached hydrogens (tertiary/aromatic N) is 1. The highest BCUT2D eigenvalue weighted by Crippen LogP contribution is 2.03. The van der Waals surface area contributed by atoms with Gasteiger partial charge in [0.1, 0.15) is 0 Å². The summed E-state index contributed by atoms with van der Waals surface area (Å²) in [6, 6.07) is 0.282. The molecule has 1 unspecified atom stereocenters. The summed E-state index contributed by atoms with van der Waals surface area (Å²) in [5.74, 6) is 1.72. The zero-order valence-electron chi connectivity index (χ0n) is 8.29. The molecule has 0 amide bonds. The van der Waals surface area contributed by atoms with Gasteiger partial charge in [0, 0.05) is 19.0 Å². The Morgan fingerprint density at radius 1 is 1.69 bits per heavy atom. The summed E-state index contributed by atoms with van der Waals surface area (Å²) in [7, 11) is 0. The van der Waals surface area contributed by atoms with E-state index >= 15 is 0 Å². The van der Waals surface area contributed by atoms with Crippen LogP contribution in [-0.4, -0.2) is 35.1 Å². The Labute approximate surface area is 79.7 Å². The molecular formula is C10H17NO2. The molecule has 0 aromatic rings. The summed E-state index contributed by atoms with van der Waals surface area (Å²) in [5.41, 5.74) is 0. The van der Waals surface area contributed by atoms with Crippen LogP contribution in [0.2, 0.25) is 0 Å². The standard InChI is InChI=1S/C10H17NO2/c1-4-6-7-11(8-10(12)13)9(3)5-2/h1,9H,5-8H2,2-3H3,(H,12,13). The largest absolute Gasteiger partial charge is 0.480 e. The smallest absolute Gasteiger partial charge is 0.317 e. The monoisotopic (exact) mass is 183 g/mol. The van der Waals surface area contributed by atoms with Crippen molar-refractivity contribution in [1.82, 2.24) is 4.90 Å². The lowest BCUT2D eigenvalue weighted by Crippen LogP contribution is -2.37. The summed E-state index contributed by atoms with van der Waals surface area (Å²) in [6.45, 7) is 4.79. The van der Waals surface area contributed by atoms with Crippen molar-refractivity contribution in [1.29, 1.82) is 0 Å². The maximum Gasteiger partial charge on any atom is 0.317 e. The number of carbonyl (C=O) groups is 1. The highest BCUT2D eigenvalue weighted by Gasteiger charge is 2.14. The fourth-order valence-electron chi connectivity index (χ4n) is 1.10. The Morgan fingerprint density at radius 3 is 2.69 bits per heavy atom. The van der Waals surface area contributed by atoms with Crippen LogP contribution in [0.15, 0.2) is 0 Å². The van der Waals surface area contributed by atoms with E-state index < -0.39 is 5.97 Å². The SMILES string of the molecule is C#CCCN(CC(=O)O)C(C)CC. The molecule has 0 aromatic carbocycles. The number of carboxylic acids is 1. The van der Waals surface area contributed by atoms with Crippen molar-refractivity contribution in [2.24, 2.45) is 0 Å². The fourth-order valence-corrected chi connectivity index (χ4v) is 1.10. The summed E-state index contributed by atoms with van der Waals surface area (Å²) in [6.07, 6.45) is 6.68. The van der Waals surface area contributed by atoms with E-state index in [-0.39, 0.29) is 12.6 Å². The Hall–Kier alpha value is -1.01. The van der Waals surface area contributed by atoms with Gasteiger partial charge in [0.2, 0.25) is 0 Å². The van der Waals surface area contributed by atoms with Gasteiger partial charge in [-0.05, 0) is 13.3 Å². The van der Waals surface area contributed by atoms with Crippen molar-refractivity contribution in [2.45, 2.75) is 32.7 Å². The number of terminal acetylenes is 1. The van der Waals surface area contributed by atoms with Gasteiger partial charge in [-0.15, -0.1) is 12.3 Å². The van der Waals surface area contributed by atoms with Gasteiger partial charge in [0.25, 0.3) is 0 Å². The molecule has 3 heteroatoms. The van der Waals surface area contributed by atoms with E-state index in [0.29, 0.717) is 13.0 Å². The topological polar surface area (TPSA) is 40.5 Å². The normalized spacial score (nSPS) is 12.5. The van der Waals surface area contributed by atoms with Gasteiger partial charge >= 0.3 is 5.97 Å². The Kier molecular flexibility index (Phi) is 5.99. The van der Waals surface area contributed by atoms with E-state index in [4.69, 9.17) is 11.5 Å². The molecule has 0 aromatic heterocycles. The lowest BCUT2D eigenvalue weighted by Gasteiger charge is -2.25. The minimum Gasteiger partial charge on any atom is -0.480 e. The first kappa shape index (κ1) is 12.0. The molecule has 0 aliphatic rings. The molecule has 1 atom stereocenters. The highest BCUT2D eigenvalue weighted by atomic mass is 16.4. The summed E-state index contributed by atoms with van der Waals surface area (Å²) in [4.78, 5) is 12.4. The van der Waals surface area contributed by atoms with Crippen LogP contribution in [0, 0.1) is 12.3 Å². The molecule has 0 fully saturated rings. The molecule has 13 heavy (non-hydrogen) atoms. The average molecular weight is 183 g/mol. The maximum absolute atomic E-state index is 10.5. The second-order valence-corrected chi connectivity index (χ2v) is 3.08. The van der Waals surface area contributed by atoms with Crippen LogP contribution in [0.1, 0.15) is 26.7 Å². The zero-order chi connectivity index (χ0) is 10.3. The van der Waals surface area contributed by atoms with Crippen LogP contribution in [0.25, 0.3) is 0 Å². The summed E-state index contributed by atoms with van der Waals surface area (Å²) < 4.78 is 0. The van der Waals surface area contributed by atoms with E-state index in [2.05, 4.69) is 5.92 Å².